The minimum Gasteiger partial charge on any atom is -0.373 e. The molecule has 1 aromatic rings. The smallest absolute Gasteiger partial charge is 0.0874 e. The Labute approximate surface area is 104 Å². The number of ether oxygens (including phenoxy) is 1. The summed E-state index contributed by atoms with van der Waals surface area (Å²) in [5.74, 6) is 0. The van der Waals surface area contributed by atoms with Gasteiger partial charge in [-0.2, -0.15) is 0 Å². The second kappa shape index (κ2) is 5.19. The van der Waals surface area contributed by atoms with E-state index in [1.807, 2.05) is 0 Å². The van der Waals surface area contributed by atoms with Crippen molar-refractivity contribution < 1.29 is 4.74 Å². The monoisotopic (exact) mass is 233 g/mol. The van der Waals surface area contributed by atoms with E-state index in [-0.39, 0.29) is 11.6 Å². The molecule has 1 aromatic carbocycles. The third kappa shape index (κ3) is 2.38. The lowest BCUT2D eigenvalue weighted by molar-refractivity contribution is -0.0537. The Balaban J connectivity index is 2.28. The SMILES string of the molecule is CCOC1(C(N)c2ccccc2C)CCCC1. The zero-order valence-electron chi connectivity index (χ0n) is 10.9. The van der Waals surface area contributed by atoms with E-state index in [1.165, 1.54) is 24.0 Å². The van der Waals surface area contributed by atoms with Crippen LogP contribution >= 0.6 is 0 Å². The fraction of sp³-hybridized carbons (Fsp3) is 0.600. The second-order valence-electron chi connectivity index (χ2n) is 5.04. The molecule has 0 saturated heterocycles. The predicted octanol–water partition coefficient (Wildman–Crippen LogP) is 3.34. The van der Waals surface area contributed by atoms with Crippen molar-refractivity contribution in [3.8, 4) is 0 Å². The molecular formula is C15H23NO. The maximum absolute atomic E-state index is 6.50. The first-order valence-corrected chi connectivity index (χ1v) is 6.65. The molecule has 0 heterocycles. The summed E-state index contributed by atoms with van der Waals surface area (Å²) in [5, 5.41) is 0. The van der Waals surface area contributed by atoms with Gasteiger partial charge in [0.1, 0.15) is 0 Å². The number of hydrogen-bond donors (Lipinski definition) is 1. The molecule has 0 aliphatic heterocycles. The van der Waals surface area contributed by atoms with Crippen molar-refractivity contribution in [1.29, 1.82) is 0 Å². The van der Waals surface area contributed by atoms with Crippen molar-refractivity contribution in [2.45, 2.75) is 51.2 Å². The molecule has 1 fully saturated rings. The molecule has 0 bridgehead atoms. The molecular weight excluding hydrogens is 210 g/mol. The lowest BCUT2D eigenvalue weighted by Crippen LogP contribution is -2.41. The maximum Gasteiger partial charge on any atom is 0.0874 e. The summed E-state index contributed by atoms with van der Waals surface area (Å²) in [6, 6.07) is 8.40. The van der Waals surface area contributed by atoms with Crippen LogP contribution in [0, 0.1) is 6.92 Å². The molecule has 2 N–H and O–H groups in total. The minimum absolute atomic E-state index is 0.00569. The molecule has 0 amide bonds. The van der Waals surface area contributed by atoms with Gasteiger partial charge < -0.3 is 10.5 Å². The molecule has 0 spiro atoms. The van der Waals surface area contributed by atoms with Gasteiger partial charge in [0.2, 0.25) is 0 Å². The van der Waals surface area contributed by atoms with Gasteiger partial charge in [0.15, 0.2) is 0 Å². The minimum atomic E-state index is -0.124. The standard InChI is InChI=1S/C15H23NO/c1-3-17-15(10-6-7-11-15)14(16)13-9-5-4-8-12(13)2/h4-5,8-9,14H,3,6-7,10-11,16H2,1-2H3. The largest absolute Gasteiger partial charge is 0.373 e. The Morgan fingerprint density at radius 3 is 2.53 bits per heavy atom. The van der Waals surface area contributed by atoms with Crippen molar-refractivity contribution in [2.75, 3.05) is 6.61 Å². The van der Waals surface area contributed by atoms with Crippen LogP contribution < -0.4 is 5.73 Å². The molecule has 1 atom stereocenters. The molecule has 1 unspecified atom stereocenters. The fourth-order valence-electron chi connectivity index (χ4n) is 3.03. The molecule has 1 aliphatic rings. The highest BCUT2D eigenvalue weighted by atomic mass is 16.5. The number of hydrogen-bond acceptors (Lipinski definition) is 2. The Kier molecular flexibility index (Phi) is 3.85. The summed E-state index contributed by atoms with van der Waals surface area (Å²) in [6.07, 6.45) is 4.66. The first-order chi connectivity index (χ1) is 8.19. The lowest BCUT2D eigenvalue weighted by Gasteiger charge is -2.36. The molecule has 17 heavy (non-hydrogen) atoms. The topological polar surface area (TPSA) is 35.2 Å². The average Bonchev–Trinajstić information content (AvgIpc) is 2.79. The molecule has 1 aliphatic carbocycles. The van der Waals surface area contributed by atoms with E-state index in [9.17, 15) is 0 Å². The first-order valence-electron chi connectivity index (χ1n) is 6.65. The van der Waals surface area contributed by atoms with Gasteiger partial charge in [0, 0.05) is 6.61 Å². The van der Waals surface area contributed by atoms with Gasteiger partial charge in [0.25, 0.3) is 0 Å². The molecule has 0 aromatic heterocycles. The Morgan fingerprint density at radius 2 is 1.94 bits per heavy atom. The maximum atomic E-state index is 6.50. The first kappa shape index (κ1) is 12.6. The van der Waals surface area contributed by atoms with Crippen LogP contribution in [0.3, 0.4) is 0 Å². The van der Waals surface area contributed by atoms with Crippen LogP contribution in [0.1, 0.15) is 49.8 Å². The molecule has 1 saturated carbocycles. The Hall–Kier alpha value is -0.860. The number of nitrogens with two attached hydrogens (primary N) is 1. The van der Waals surface area contributed by atoms with Crippen LogP contribution in [-0.2, 0) is 4.74 Å². The van der Waals surface area contributed by atoms with E-state index >= 15 is 0 Å². The Bertz CT molecular complexity index is 369. The third-order valence-electron chi connectivity index (χ3n) is 3.97. The van der Waals surface area contributed by atoms with Crippen molar-refractivity contribution in [3.63, 3.8) is 0 Å². The van der Waals surface area contributed by atoms with Gasteiger partial charge in [-0.25, -0.2) is 0 Å². The number of benzene rings is 1. The predicted molar refractivity (Wildman–Crippen MR) is 70.9 cm³/mol. The highest BCUT2D eigenvalue weighted by Gasteiger charge is 2.41. The van der Waals surface area contributed by atoms with Gasteiger partial charge in [-0.15, -0.1) is 0 Å². The van der Waals surface area contributed by atoms with Crippen LogP contribution in [0.4, 0.5) is 0 Å². The quantitative estimate of drug-likeness (QED) is 0.865. The van der Waals surface area contributed by atoms with E-state index in [0.29, 0.717) is 0 Å². The highest BCUT2D eigenvalue weighted by Crippen LogP contribution is 2.42. The summed E-state index contributed by atoms with van der Waals surface area (Å²) in [7, 11) is 0. The zero-order chi connectivity index (χ0) is 12.3. The van der Waals surface area contributed by atoms with Crippen molar-refractivity contribution in [2.24, 2.45) is 5.73 Å². The molecule has 2 rings (SSSR count). The van der Waals surface area contributed by atoms with Gasteiger partial charge in [0.05, 0.1) is 11.6 Å². The van der Waals surface area contributed by atoms with Crippen LogP contribution in [0.15, 0.2) is 24.3 Å². The van der Waals surface area contributed by atoms with Gasteiger partial charge in [-0.05, 0) is 37.8 Å². The fourth-order valence-corrected chi connectivity index (χ4v) is 3.03. The molecule has 2 nitrogen and oxygen atoms in total. The van der Waals surface area contributed by atoms with Crippen molar-refractivity contribution in [1.82, 2.24) is 0 Å². The average molecular weight is 233 g/mol. The van der Waals surface area contributed by atoms with Crippen LogP contribution in [0.2, 0.25) is 0 Å². The summed E-state index contributed by atoms with van der Waals surface area (Å²) < 4.78 is 6.04. The number of rotatable bonds is 4. The normalized spacial score (nSPS) is 20.4. The summed E-state index contributed by atoms with van der Waals surface area (Å²) >= 11 is 0. The molecule has 0 radical (unpaired) electrons. The molecule has 2 heteroatoms. The lowest BCUT2D eigenvalue weighted by atomic mass is 9.85. The van der Waals surface area contributed by atoms with Crippen LogP contribution in [-0.4, -0.2) is 12.2 Å². The summed E-state index contributed by atoms with van der Waals surface area (Å²) in [5.41, 5.74) is 8.88. The van der Waals surface area contributed by atoms with Crippen LogP contribution in [0.25, 0.3) is 0 Å². The summed E-state index contributed by atoms with van der Waals surface area (Å²) in [4.78, 5) is 0. The van der Waals surface area contributed by atoms with Gasteiger partial charge in [-0.1, -0.05) is 37.1 Å². The Morgan fingerprint density at radius 1 is 1.29 bits per heavy atom. The van der Waals surface area contributed by atoms with E-state index in [4.69, 9.17) is 10.5 Å². The van der Waals surface area contributed by atoms with E-state index in [1.54, 1.807) is 0 Å². The third-order valence-corrected chi connectivity index (χ3v) is 3.97. The van der Waals surface area contributed by atoms with E-state index < -0.39 is 0 Å². The van der Waals surface area contributed by atoms with Crippen molar-refractivity contribution >= 4 is 0 Å². The highest BCUT2D eigenvalue weighted by molar-refractivity contribution is 5.31. The van der Waals surface area contributed by atoms with Crippen LogP contribution in [0.5, 0.6) is 0 Å². The molecule has 94 valence electrons. The van der Waals surface area contributed by atoms with Gasteiger partial charge >= 0.3 is 0 Å². The van der Waals surface area contributed by atoms with E-state index in [0.717, 1.165) is 19.4 Å². The van der Waals surface area contributed by atoms with Crippen molar-refractivity contribution in [3.05, 3.63) is 35.4 Å². The second-order valence-corrected chi connectivity index (χ2v) is 5.04. The van der Waals surface area contributed by atoms with E-state index in [2.05, 4.69) is 38.1 Å². The summed E-state index contributed by atoms with van der Waals surface area (Å²) in [6.45, 7) is 4.94. The number of aryl methyl sites for hydroxylation is 1. The zero-order valence-corrected chi connectivity index (χ0v) is 10.9. The van der Waals surface area contributed by atoms with Gasteiger partial charge in [-0.3, -0.25) is 0 Å².